The summed E-state index contributed by atoms with van der Waals surface area (Å²) >= 11 is 0. The number of nitrogens with one attached hydrogen (secondary N) is 1. The van der Waals surface area contributed by atoms with Crippen LogP contribution in [0.15, 0.2) is 42.7 Å². The number of hydrogen-bond donors (Lipinski definition) is 1. The second kappa shape index (κ2) is 6.90. The van der Waals surface area contributed by atoms with Crippen molar-refractivity contribution in [3.63, 3.8) is 0 Å². The van der Waals surface area contributed by atoms with Gasteiger partial charge in [0.15, 0.2) is 0 Å². The molecule has 0 amide bonds. The third kappa shape index (κ3) is 3.80. The third-order valence-electron chi connectivity index (χ3n) is 2.99. The fourth-order valence-electron chi connectivity index (χ4n) is 1.91. The molecular formula is C16H20N2O. The summed E-state index contributed by atoms with van der Waals surface area (Å²) in [6.45, 7) is 4.15. The highest BCUT2D eigenvalue weighted by atomic mass is 16.5. The van der Waals surface area contributed by atoms with Gasteiger partial charge in [0.1, 0.15) is 5.75 Å². The van der Waals surface area contributed by atoms with Crippen LogP contribution in [0.1, 0.15) is 18.9 Å². The zero-order valence-electron chi connectivity index (χ0n) is 11.5. The molecule has 19 heavy (non-hydrogen) atoms. The van der Waals surface area contributed by atoms with Gasteiger partial charge < -0.3 is 10.1 Å². The molecule has 0 radical (unpaired) electrons. The van der Waals surface area contributed by atoms with E-state index in [1.54, 1.807) is 13.3 Å². The molecule has 1 aromatic heterocycles. The Balaban J connectivity index is 2.08. The first-order valence-electron chi connectivity index (χ1n) is 6.62. The molecule has 0 unspecified atom stereocenters. The summed E-state index contributed by atoms with van der Waals surface area (Å²) in [7, 11) is 1.66. The maximum absolute atomic E-state index is 5.19. The van der Waals surface area contributed by atoms with Gasteiger partial charge in [-0.15, -0.1) is 0 Å². The van der Waals surface area contributed by atoms with Gasteiger partial charge in [0.05, 0.1) is 13.3 Å². The van der Waals surface area contributed by atoms with Crippen molar-refractivity contribution in [1.29, 1.82) is 0 Å². The Labute approximate surface area is 114 Å². The minimum Gasteiger partial charge on any atom is -0.495 e. The van der Waals surface area contributed by atoms with E-state index in [4.69, 9.17) is 4.74 Å². The van der Waals surface area contributed by atoms with Crippen LogP contribution in [0.25, 0.3) is 11.1 Å². The van der Waals surface area contributed by atoms with E-state index >= 15 is 0 Å². The van der Waals surface area contributed by atoms with Crippen LogP contribution in [0.4, 0.5) is 0 Å². The number of ether oxygens (including phenoxy) is 1. The topological polar surface area (TPSA) is 34.2 Å². The minimum atomic E-state index is 0.784. The van der Waals surface area contributed by atoms with Crippen molar-refractivity contribution in [1.82, 2.24) is 10.3 Å². The van der Waals surface area contributed by atoms with Gasteiger partial charge in [-0.2, -0.15) is 0 Å². The second-order valence-electron chi connectivity index (χ2n) is 4.49. The number of nitrogens with zero attached hydrogens (tertiary/aromatic N) is 1. The van der Waals surface area contributed by atoms with E-state index < -0.39 is 0 Å². The Morgan fingerprint density at radius 3 is 2.58 bits per heavy atom. The normalized spacial score (nSPS) is 10.4. The quantitative estimate of drug-likeness (QED) is 0.806. The molecule has 1 heterocycles. The number of benzene rings is 1. The zero-order chi connectivity index (χ0) is 13.5. The summed E-state index contributed by atoms with van der Waals surface area (Å²) in [5.41, 5.74) is 3.53. The van der Waals surface area contributed by atoms with Crippen molar-refractivity contribution >= 4 is 0 Å². The first-order chi connectivity index (χ1) is 9.33. The van der Waals surface area contributed by atoms with Gasteiger partial charge in [-0.25, -0.2) is 0 Å². The van der Waals surface area contributed by atoms with Crippen molar-refractivity contribution in [3.8, 4) is 16.9 Å². The van der Waals surface area contributed by atoms with Gasteiger partial charge in [0, 0.05) is 18.3 Å². The van der Waals surface area contributed by atoms with Gasteiger partial charge in [0.25, 0.3) is 0 Å². The Kier molecular flexibility index (Phi) is 4.93. The highest BCUT2D eigenvalue weighted by molar-refractivity contribution is 5.64. The molecule has 0 fully saturated rings. The van der Waals surface area contributed by atoms with Gasteiger partial charge in [-0.3, -0.25) is 4.98 Å². The molecule has 2 rings (SSSR count). The largest absolute Gasteiger partial charge is 0.495 e. The summed E-state index contributed by atoms with van der Waals surface area (Å²) in [6, 6.07) is 10.5. The number of pyridine rings is 1. The van der Waals surface area contributed by atoms with Crippen molar-refractivity contribution in [3.05, 3.63) is 48.3 Å². The molecule has 2 aromatic rings. The fraction of sp³-hybridized carbons (Fsp3) is 0.312. The molecule has 1 N–H and O–H groups in total. The summed E-state index contributed by atoms with van der Waals surface area (Å²) < 4.78 is 5.19. The molecule has 3 nitrogen and oxygen atoms in total. The van der Waals surface area contributed by atoms with Gasteiger partial charge in [0.2, 0.25) is 0 Å². The standard InChI is InChI=1S/C16H20N2O/c1-3-8-17-10-13-4-6-14(7-5-13)15-9-16(19-2)12-18-11-15/h4-7,9,11-12,17H,3,8,10H2,1-2H3. The van der Waals surface area contributed by atoms with E-state index in [1.807, 2.05) is 12.3 Å². The number of aromatic nitrogens is 1. The first kappa shape index (κ1) is 13.6. The predicted molar refractivity (Wildman–Crippen MR) is 78.2 cm³/mol. The van der Waals surface area contributed by atoms with Crippen LogP contribution >= 0.6 is 0 Å². The van der Waals surface area contributed by atoms with E-state index in [9.17, 15) is 0 Å². The second-order valence-corrected chi connectivity index (χ2v) is 4.49. The average molecular weight is 256 g/mol. The molecule has 0 saturated heterocycles. The Hall–Kier alpha value is -1.87. The van der Waals surface area contributed by atoms with Gasteiger partial charge in [-0.05, 0) is 30.2 Å². The van der Waals surface area contributed by atoms with Crippen LogP contribution in [0.3, 0.4) is 0 Å². The molecule has 100 valence electrons. The van der Waals surface area contributed by atoms with E-state index in [0.29, 0.717) is 0 Å². The summed E-state index contributed by atoms with van der Waals surface area (Å²) in [6.07, 6.45) is 4.73. The molecule has 0 atom stereocenters. The van der Waals surface area contributed by atoms with Crippen LogP contribution in [0.5, 0.6) is 5.75 Å². The molecule has 1 aromatic carbocycles. The van der Waals surface area contributed by atoms with Crippen molar-refractivity contribution in [2.75, 3.05) is 13.7 Å². The first-order valence-corrected chi connectivity index (χ1v) is 6.62. The average Bonchev–Trinajstić information content (AvgIpc) is 2.48. The van der Waals surface area contributed by atoms with Crippen LogP contribution in [-0.2, 0) is 6.54 Å². The Bertz CT molecular complexity index is 508. The highest BCUT2D eigenvalue weighted by Crippen LogP contribution is 2.22. The maximum Gasteiger partial charge on any atom is 0.137 e. The van der Waals surface area contributed by atoms with Crippen LogP contribution in [0.2, 0.25) is 0 Å². The molecule has 3 heteroatoms. The van der Waals surface area contributed by atoms with E-state index in [1.165, 1.54) is 5.56 Å². The highest BCUT2D eigenvalue weighted by Gasteiger charge is 2.00. The van der Waals surface area contributed by atoms with E-state index in [-0.39, 0.29) is 0 Å². The molecule has 0 aliphatic carbocycles. The smallest absolute Gasteiger partial charge is 0.137 e. The Morgan fingerprint density at radius 2 is 1.89 bits per heavy atom. The SMILES string of the molecule is CCCNCc1ccc(-c2cncc(OC)c2)cc1. The van der Waals surface area contributed by atoms with Crippen LogP contribution in [-0.4, -0.2) is 18.6 Å². The monoisotopic (exact) mass is 256 g/mol. The maximum atomic E-state index is 5.19. The fourth-order valence-corrected chi connectivity index (χ4v) is 1.91. The lowest BCUT2D eigenvalue weighted by Crippen LogP contribution is -2.13. The number of hydrogen-bond acceptors (Lipinski definition) is 3. The zero-order valence-corrected chi connectivity index (χ0v) is 11.5. The minimum absolute atomic E-state index is 0.784. The predicted octanol–water partition coefficient (Wildman–Crippen LogP) is 3.26. The van der Waals surface area contributed by atoms with Crippen molar-refractivity contribution in [2.24, 2.45) is 0 Å². The summed E-state index contributed by atoms with van der Waals surface area (Å²) in [5, 5.41) is 3.40. The molecule has 0 aliphatic heterocycles. The lowest BCUT2D eigenvalue weighted by molar-refractivity contribution is 0.413. The third-order valence-corrected chi connectivity index (χ3v) is 2.99. The lowest BCUT2D eigenvalue weighted by Gasteiger charge is -2.06. The summed E-state index contributed by atoms with van der Waals surface area (Å²) in [4.78, 5) is 4.18. The van der Waals surface area contributed by atoms with Gasteiger partial charge in [-0.1, -0.05) is 31.2 Å². The van der Waals surface area contributed by atoms with E-state index in [2.05, 4.69) is 41.5 Å². The molecule has 0 spiro atoms. The number of methoxy groups -OCH3 is 1. The van der Waals surface area contributed by atoms with Crippen LogP contribution in [0, 0.1) is 0 Å². The van der Waals surface area contributed by atoms with Crippen LogP contribution < -0.4 is 10.1 Å². The molecule has 0 aliphatic rings. The molecular weight excluding hydrogens is 236 g/mol. The van der Waals surface area contributed by atoms with E-state index in [0.717, 1.165) is 36.4 Å². The molecule has 0 bridgehead atoms. The number of rotatable bonds is 6. The van der Waals surface area contributed by atoms with Gasteiger partial charge >= 0.3 is 0 Å². The summed E-state index contributed by atoms with van der Waals surface area (Å²) in [5.74, 6) is 0.784. The lowest BCUT2D eigenvalue weighted by atomic mass is 10.1. The van der Waals surface area contributed by atoms with Crippen molar-refractivity contribution < 1.29 is 4.74 Å². The van der Waals surface area contributed by atoms with Crippen molar-refractivity contribution in [2.45, 2.75) is 19.9 Å². The molecule has 0 saturated carbocycles. The Morgan fingerprint density at radius 1 is 1.11 bits per heavy atom.